The number of hydrogen-bond donors (Lipinski definition) is 0. The number of aryl methyl sites for hydroxylation is 1. The van der Waals surface area contributed by atoms with E-state index in [9.17, 15) is 4.79 Å². The summed E-state index contributed by atoms with van der Waals surface area (Å²) in [6.07, 6.45) is 4.11. The summed E-state index contributed by atoms with van der Waals surface area (Å²) in [7, 11) is 0. The van der Waals surface area contributed by atoms with E-state index in [-0.39, 0.29) is 5.91 Å². The fourth-order valence-electron chi connectivity index (χ4n) is 3.16. The molecule has 0 atom stereocenters. The quantitative estimate of drug-likeness (QED) is 0.423. The second-order valence-corrected chi connectivity index (χ2v) is 6.80. The third-order valence-electron chi connectivity index (χ3n) is 4.66. The summed E-state index contributed by atoms with van der Waals surface area (Å²) in [4.78, 5) is 19.1. The number of oxazole rings is 1. The Hall–Kier alpha value is -3.60. The van der Waals surface area contributed by atoms with Crippen molar-refractivity contribution < 1.29 is 13.6 Å². The highest BCUT2D eigenvalue weighted by Gasteiger charge is 2.17. The van der Waals surface area contributed by atoms with E-state index < -0.39 is 0 Å². The van der Waals surface area contributed by atoms with Crippen LogP contribution in [0, 0.1) is 0 Å². The van der Waals surface area contributed by atoms with E-state index in [0.29, 0.717) is 37.6 Å². The van der Waals surface area contributed by atoms with Crippen molar-refractivity contribution in [3.8, 4) is 11.3 Å². The van der Waals surface area contributed by atoms with Gasteiger partial charge in [-0.3, -0.25) is 4.79 Å². The summed E-state index contributed by atoms with van der Waals surface area (Å²) >= 11 is 0. The Morgan fingerprint density at radius 1 is 0.897 bits per heavy atom. The highest BCUT2D eigenvalue weighted by atomic mass is 16.4. The molecule has 29 heavy (non-hydrogen) atoms. The smallest absolute Gasteiger partial charge is 0.223 e. The van der Waals surface area contributed by atoms with Gasteiger partial charge in [0.05, 0.1) is 19.0 Å². The summed E-state index contributed by atoms with van der Waals surface area (Å²) in [6.45, 7) is 0.961. The molecule has 0 radical (unpaired) electrons. The lowest BCUT2D eigenvalue weighted by atomic mass is 10.2. The number of carbonyl (C=O) groups excluding carboxylic acids is 1. The first-order chi connectivity index (χ1) is 14.3. The van der Waals surface area contributed by atoms with E-state index >= 15 is 0 Å². The molecule has 0 spiro atoms. The lowest BCUT2D eigenvalue weighted by Gasteiger charge is -2.21. The Morgan fingerprint density at radius 3 is 2.38 bits per heavy atom. The molecule has 146 valence electrons. The monoisotopic (exact) mass is 386 g/mol. The Kier molecular flexibility index (Phi) is 5.86. The number of amides is 1. The molecule has 2 aromatic carbocycles. The first-order valence-corrected chi connectivity index (χ1v) is 9.62. The molecular formula is C24H22N2O3. The summed E-state index contributed by atoms with van der Waals surface area (Å²) in [6, 6.07) is 23.5. The van der Waals surface area contributed by atoms with Crippen LogP contribution in [0.25, 0.3) is 11.3 Å². The normalized spacial score (nSPS) is 10.8. The van der Waals surface area contributed by atoms with E-state index in [0.717, 1.165) is 16.9 Å². The Labute approximate surface area is 169 Å². The van der Waals surface area contributed by atoms with Crippen molar-refractivity contribution in [3.63, 3.8) is 0 Å². The number of carbonyl (C=O) groups is 1. The van der Waals surface area contributed by atoms with Crippen LogP contribution >= 0.6 is 0 Å². The number of aromatic nitrogens is 1. The molecule has 5 nitrogen and oxygen atoms in total. The topological polar surface area (TPSA) is 59.5 Å². The molecule has 2 heterocycles. The summed E-state index contributed by atoms with van der Waals surface area (Å²) in [5, 5.41) is 0. The van der Waals surface area contributed by atoms with Crippen molar-refractivity contribution in [1.29, 1.82) is 0 Å². The van der Waals surface area contributed by atoms with Gasteiger partial charge >= 0.3 is 0 Å². The zero-order chi connectivity index (χ0) is 19.9. The molecule has 0 saturated carbocycles. The molecule has 0 N–H and O–H groups in total. The van der Waals surface area contributed by atoms with Crippen molar-refractivity contribution >= 4 is 5.91 Å². The fourth-order valence-corrected chi connectivity index (χ4v) is 3.16. The summed E-state index contributed by atoms with van der Waals surface area (Å²) in [5.74, 6) is 2.07. The van der Waals surface area contributed by atoms with Gasteiger partial charge in [-0.2, -0.15) is 0 Å². The molecule has 4 rings (SSSR count). The maximum absolute atomic E-state index is 12.9. The molecule has 0 saturated heterocycles. The van der Waals surface area contributed by atoms with Crippen LogP contribution in [0.3, 0.4) is 0 Å². The van der Waals surface area contributed by atoms with Crippen LogP contribution in [0.4, 0.5) is 0 Å². The van der Waals surface area contributed by atoms with Crippen molar-refractivity contribution in [2.24, 2.45) is 0 Å². The first-order valence-electron chi connectivity index (χ1n) is 9.62. The van der Waals surface area contributed by atoms with E-state index in [1.165, 1.54) is 0 Å². The Balaban J connectivity index is 1.41. The van der Waals surface area contributed by atoms with E-state index in [1.807, 2.05) is 72.8 Å². The minimum absolute atomic E-state index is 0.0321. The first kappa shape index (κ1) is 18.7. The van der Waals surface area contributed by atoms with Gasteiger partial charge < -0.3 is 13.7 Å². The SMILES string of the molecule is O=C(CCc1ncc(-c2ccccc2)o1)N(Cc1ccccc1)Cc1ccco1. The van der Waals surface area contributed by atoms with Crippen LogP contribution in [0.2, 0.25) is 0 Å². The number of hydrogen-bond acceptors (Lipinski definition) is 4. The third-order valence-corrected chi connectivity index (χ3v) is 4.66. The predicted molar refractivity (Wildman–Crippen MR) is 110 cm³/mol. The van der Waals surface area contributed by atoms with E-state index in [1.54, 1.807) is 17.4 Å². The molecule has 2 aromatic heterocycles. The van der Waals surface area contributed by atoms with Gasteiger partial charge in [0, 0.05) is 24.9 Å². The Morgan fingerprint density at radius 2 is 1.66 bits per heavy atom. The minimum atomic E-state index is 0.0321. The molecular weight excluding hydrogens is 364 g/mol. The largest absolute Gasteiger partial charge is 0.467 e. The second-order valence-electron chi connectivity index (χ2n) is 6.80. The molecule has 4 aromatic rings. The summed E-state index contributed by atoms with van der Waals surface area (Å²) in [5.41, 5.74) is 2.05. The number of rotatable bonds is 8. The standard InChI is InChI=1S/C24H22N2O3/c27-24(14-13-23-25-16-22(29-23)20-10-5-2-6-11-20)26(18-21-12-7-15-28-21)17-19-8-3-1-4-9-19/h1-12,15-16H,13-14,17-18H2. The highest BCUT2D eigenvalue weighted by Crippen LogP contribution is 2.21. The van der Waals surface area contributed by atoms with Crippen molar-refractivity contribution in [2.45, 2.75) is 25.9 Å². The van der Waals surface area contributed by atoms with Crippen molar-refractivity contribution in [3.05, 3.63) is 102 Å². The predicted octanol–water partition coefficient (Wildman–Crippen LogP) is 5.10. The molecule has 0 aliphatic carbocycles. The van der Waals surface area contributed by atoms with Gasteiger partial charge in [0.1, 0.15) is 5.76 Å². The van der Waals surface area contributed by atoms with Crippen molar-refractivity contribution in [2.75, 3.05) is 0 Å². The zero-order valence-corrected chi connectivity index (χ0v) is 16.0. The second kappa shape index (κ2) is 9.06. The highest BCUT2D eigenvalue weighted by molar-refractivity contribution is 5.76. The van der Waals surface area contributed by atoms with Crippen LogP contribution < -0.4 is 0 Å². The van der Waals surface area contributed by atoms with E-state index in [2.05, 4.69) is 4.98 Å². The minimum Gasteiger partial charge on any atom is -0.467 e. The molecule has 0 aliphatic rings. The average Bonchev–Trinajstić information content (AvgIpc) is 3.45. The van der Waals surface area contributed by atoms with Gasteiger partial charge in [0.2, 0.25) is 5.91 Å². The van der Waals surface area contributed by atoms with Crippen LogP contribution in [0.15, 0.2) is 94.1 Å². The maximum Gasteiger partial charge on any atom is 0.223 e. The van der Waals surface area contributed by atoms with Crippen LogP contribution in [0.5, 0.6) is 0 Å². The Bertz CT molecular complexity index is 1020. The van der Waals surface area contributed by atoms with Crippen molar-refractivity contribution in [1.82, 2.24) is 9.88 Å². The van der Waals surface area contributed by atoms with Crippen LogP contribution in [-0.2, 0) is 24.3 Å². The summed E-state index contributed by atoms with van der Waals surface area (Å²) < 4.78 is 11.3. The molecule has 1 amide bonds. The molecule has 0 unspecified atom stereocenters. The fraction of sp³-hybridized carbons (Fsp3) is 0.167. The van der Waals surface area contributed by atoms with Crippen LogP contribution in [0.1, 0.15) is 23.6 Å². The van der Waals surface area contributed by atoms with E-state index in [4.69, 9.17) is 8.83 Å². The average molecular weight is 386 g/mol. The van der Waals surface area contributed by atoms with Gasteiger partial charge in [-0.15, -0.1) is 0 Å². The van der Waals surface area contributed by atoms with Gasteiger partial charge in [-0.25, -0.2) is 4.98 Å². The van der Waals surface area contributed by atoms with Gasteiger partial charge in [-0.05, 0) is 17.7 Å². The maximum atomic E-state index is 12.9. The van der Waals surface area contributed by atoms with Gasteiger partial charge in [0.15, 0.2) is 11.7 Å². The number of nitrogens with zero attached hydrogens (tertiary/aromatic N) is 2. The van der Waals surface area contributed by atoms with Crippen LogP contribution in [-0.4, -0.2) is 15.8 Å². The molecule has 0 aliphatic heterocycles. The number of furan rings is 1. The zero-order valence-electron chi connectivity index (χ0n) is 16.0. The lowest BCUT2D eigenvalue weighted by molar-refractivity contribution is -0.132. The number of benzene rings is 2. The molecule has 0 fully saturated rings. The lowest BCUT2D eigenvalue weighted by Crippen LogP contribution is -2.30. The van der Waals surface area contributed by atoms with Gasteiger partial charge in [-0.1, -0.05) is 60.7 Å². The molecule has 0 bridgehead atoms. The molecule has 5 heteroatoms. The van der Waals surface area contributed by atoms with Gasteiger partial charge in [0.25, 0.3) is 0 Å². The third kappa shape index (κ3) is 5.02.